The van der Waals surface area contributed by atoms with Gasteiger partial charge in [0.15, 0.2) is 0 Å². The number of carbonyl (C=O) groups is 1. The summed E-state index contributed by atoms with van der Waals surface area (Å²) in [4.78, 5) is 16.5. The van der Waals surface area contributed by atoms with Gasteiger partial charge in [0.1, 0.15) is 11.5 Å². The van der Waals surface area contributed by atoms with E-state index in [1.54, 1.807) is 0 Å². The highest BCUT2D eigenvalue weighted by Crippen LogP contribution is 2.26. The summed E-state index contributed by atoms with van der Waals surface area (Å²) in [5.74, 6) is 0.744. The Morgan fingerprint density at radius 2 is 1.92 bits per heavy atom. The molecule has 2 aromatic heterocycles. The van der Waals surface area contributed by atoms with Crippen molar-refractivity contribution in [1.82, 2.24) is 14.8 Å². The molecule has 0 aliphatic carbocycles. The van der Waals surface area contributed by atoms with Crippen LogP contribution < -0.4 is 0 Å². The second-order valence-electron chi connectivity index (χ2n) is 6.37. The van der Waals surface area contributed by atoms with Crippen molar-refractivity contribution in [3.63, 3.8) is 0 Å². The Hall–Kier alpha value is -2.89. The van der Waals surface area contributed by atoms with Gasteiger partial charge in [0.2, 0.25) is 5.89 Å². The Kier molecular flexibility index (Phi) is 4.93. The topological polar surface area (TPSA) is 70.2 Å². The molecule has 2 heterocycles. The van der Waals surface area contributed by atoms with Crippen molar-refractivity contribution in [3.8, 4) is 11.5 Å². The Balaban J connectivity index is 1.91. The van der Waals surface area contributed by atoms with Gasteiger partial charge in [0.25, 0.3) is 0 Å². The first-order chi connectivity index (χ1) is 12.4. The maximum absolute atomic E-state index is 11.9. The monoisotopic (exact) mass is 353 g/mol. The van der Waals surface area contributed by atoms with Crippen LogP contribution in [-0.4, -0.2) is 27.8 Å². The molecule has 3 rings (SSSR count). The van der Waals surface area contributed by atoms with Gasteiger partial charge in [-0.05, 0) is 39.8 Å². The smallest absolute Gasteiger partial charge is 0.312 e. The van der Waals surface area contributed by atoms with E-state index < -0.39 is 0 Å². The minimum Gasteiger partial charge on any atom is -0.469 e. The van der Waals surface area contributed by atoms with Crippen molar-refractivity contribution in [2.45, 2.75) is 40.2 Å². The first-order valence-corrected chi connectivity index (χ1v) is 8.55. The first-order valence-electron chi connectivity index (χ1n) is 8.55. The van der Waals surface area contributed by atoms with E-state index in [0.717, 1.165) is 34.0 Å². The number of carbonyl (C=O) groups excluding carboxylic acids is 1. The van der Waals surface area contributed by atoms with Gasteiger partial charge in [-0.2, -0.15) is 5.10 Å². The van der Waals surface area contributed by atoms with Gasteiger partial charge in [-0.1, -0.05) is 18.2 Å². The molecule has 0 aliphatic rings. The summed E-state index contributed by atoms with van der Waals surface area (Å²) < 4.78 is 12.6. The van der Waals surface area contributed by atoms with Gasteiger partial charge >= 0.3 is 5.97 Å². The molecule has 0 bridgehead atoms. The molecule has 1 atom stereocenters. The number of aryl methyl sites for hydroxylation is 2. The molecule has 0 saturated carbocycles. The molecule has 0 N–H and O–H groups in total. The van der Waals surface area contributed by atoms with E-state index in [-0.39, 0.29) is 11.9 Å². The van der Waals surface area contributed by atoms with Crippen molar-refractivity contribution < 1.29 is 13.9 Å². The van der Waals surface area contributed by atoms with Crippen LogP contribution in [0.25, 0.3) is 11.5 Å². The number of hydrogen-bond donors (Lipinski definition) is 0. The normalized spacial score (nSPS) is 12.2. The van der Waals surface area contributed by atoms with Crippen LogP contribution in [0.2, 0.25) is 0 Å². The fourth-order valence-corrected chi connectivity index (χ4v) is 3.21. The third-order valence-electron chi connectivity index (χ3n) is 4.64. The molecule has 6 heteroatoms. The third-order valence-corrected chi connectivity index (χ3v) is 4.64. The molecule has 136 valence electrons. The molecule has 0 unspecified atom stereocenters. The Bertz CT molecular complexity index is 925. The zero-order chi connectivity index (χ0) is 18.8. The average molecular weight is 353 g/mol. The molecular formula is C20H23N3O3. The lowest BCUT2D eigenvalue weighted by Gasteiger charge is -2.10. The highest BCUT2D eigenvalue weighted by atomic mass is 16.5. The Labute approximate surface area is 152 Å². The summed E-state index contributed by atoms with van der Waals surface area (Å²) in [7, 11) is 1.40. The molecule has 0 amide bonds. The number of hydrogen-bond acceptors (Lipinski definition) is 5. The number of methoxy groups -OCH3 is 1. The third kappa shape index (κ3) is 3.27. The molecule has 0 saturated heterocycles. The zero-order valence-corrected chi connectivity index (χ0v) is 15.7. The van der Waals surface area contributed by atoms with Crippen molar-refractivity contribution in [1.29, 1.82) is 0 Å². The summed E-state index contributed by atoms with van der Waals surface area (Å²) in [5, 5.41) is 4.59. The highest BCUT2D eigenvalue weighted by molar-refractivity contribution is 5.78. The minimum absolute atomic E-state index is 0.264. The van der Waals surface area contributed by atoms with Gasteiger partial charge in [-0.25, -0.2) is 4.98 Å². The van der Waals surface area contributed by atoms with Crippen LogP contribution >= 0.6 is 0 Å². The number of benzene rings is 1. The van der Waals surface area contributed by atoms with Gasteiger partial charge < -0.3 is 9.15 Å². The number of rotatable bonds is 5. The summed E-state index contributed by atoms with van der Waals surface area (Å²) in [5.41, 5.74) is 4.43. The van der Waals surface area contributed by atoms with Crippen LogP contribution in [0.1, 0.15) is 41.2 Å². The quantitative estimate of drug-likeness (QED) is 0.653. The molecule has 6 nitrogen and oxygen atoms in total. The Morgan fingerprint density at radius 3 is 2.58 bits per heavy atom. The SMILES string of the molecule is COC(=O)[C@H](C)c1c(C)nn(Cc2nc(-c3ccccc3)oc2C)c1C. The van der Waals surface area contributed by atoms with Crippen molar-refractivity contribution in [3.05, 3.63) is 58.7 Å². The fraction of sp³-hybridized carbons (Fsp3) is 0.350. The number of oxazole rings is 1. The standard InChI is InChI=1S/C20H23N3O3/c1-12(20(24)25-5)18-13(2)22-23(14(18)3)11-17-15(4)26-19(21-17)16-9-7-6-8-10-16/h6-10,12H,11H2,1-5H3/t12-/m1/s1. The molecular weight excluding hydrogens is 330 g/mol. The van der Waals surface area contributed by atoms with Crippen LogP contribution in [0, 0.1) is 20.8 Å². The Morgan fingerprint density at radius 1 is 1.23 bits per heavy atom. The van der Waals surface area contributed by atoms with Crippen LogP contribution in [0.3, 0.4) is 0 Å². The highest BCUT2D eigenvalue weighted by Gasteiger charge is 2.24. The molecule has 1 aromatic carbocycles. The fourth-order valence-electron chi connectivity index (χ4n) is 3.21. The maximum Gasteiger partial charge on any atom is 0.312 e. The van der Waals surface area contributed by atoms with E-state index >= 15 is 0 Å². The summed E-state index contributed by atoms with van der Waals surface area (Å²) >= 11 is 0. The van der Waals surface area contributed by atoms with E-state index in [4.69, 9.17) is 9.15 Å². The first kappa shape index (κ1) is 17.9. The average Bonchev–Trinajstić information content (AvgIpc) is 3.14. The lowest BCUT2D eigenvalue weighted by Crippen LogP contribution is -2.13. The maximum atomic E-state index is 11.9. The molecule has 3 aromatic rings. The van der Waals surface area contributed by atoms with Crippen molar-refractivity contribution in [2.24, 2.45) is 0 Å². The lowest BCUT2D eigenvalue weighted by atomic mass is 9.99. The second-order valence-corrected chi connectivity index (χ2v) is 6.37. The van der Waals surface area contributed by atoms with E-state index in [0.29, 0.717) is 12.4 Å². The molecule has 26 heavy (non-hydrogen) atoms. The van der Waals surface area contributed by atoms with E-state index in [2.05, 4.69) is 10.1 Å². The lowest BCUT2D eigenvalue weighted by molar-refractivity contribution is -0.142. The molecule has 0 radical (unpaired) electrons. The van der Waals surface area contributed by atoms with Gasteiger partial charge in [0.05, 0.1) is 25.3 Å². The van der Waals surface area contributed by atoms with Crippen LogP contribution in [0.15, 0.2) is 34.7 Å². The van der Waals surface area contributed by atoms with Gasteiger partial charge in [0, 0.05) is 16.8 Å². The largest absolute Gasteiger partial charge is 0.469 e. The molecule has 0 aliphatic heterocycles. The summed E-state index contributed by atoms with van der Waals surface area (Å²) in [6, 6.07) is 9.80. The van der Waals surface area contributed by atoms with Gasteiger partial charge in [-0.3, -0.25) is 9.48 Å². The molecule has 0 fully saturated rings. The van der Waals surface area contributed by atoms with Crippen LogP contribution in [0.4, 0.5) is 0 Å². The zero-order valence-electron chi connectivity index (χ0n) is 15.7. The van der Waals surface area contributed by atoms with Crippen LogP contribution in [-0.2, 0) is 16.1 Å². The summed E-state index contributed by atoms with van der Waals surface area (Å²) in [6.07, 6.45) is 0. The predicted molar refractivity (Wildman–Crippen MR) is 97.9 cm³/mol. The number of ether oxygens (including phenoxy) is 1. The number of esters is 1. The van der Waals surface area contributed by atoms with Crippen molar-refractivity contribution in [2.75, 3.05) is 7.11 Å². The second kappa shape index (κ2) is 7.15. The minimum atomic E-state index is -0.355. The predicted octanol–water partition coefficient (Wildman–Crippen LogP) is 3.79. The summed E-state index contributed by atoms with van der Waals surface area (Å²) in [6.45, 7) is 8.09. The molecule has 0 spiro atoms. The van der Waals surface area contributed by atoms with E-state index in [1.807, 2.05) is 62.7 Å². The number of aromatic nitrogens is 3. The van der Waals surface area contributed by atoms with E-state index in [1.165, 1.54) is 7.11 Å². The van der Waals surface area contributed by atoms with E-state index in [9.17, 15) is 4.79 Å². The van der Waals surface area contributed by atoms with Crippen LogP contribution in [0.5, 0.6) is 0 Å². The number of nitrogens with zero attached hydrogens (tertiary/aromatic N) is 3. The van der Waals surface area contributed by atoms with Gasteiger partial charge in [-0.15, -0.1) is 0 Å². The van der Waals surface area contributed by atoms with Crippen molar-refractivity contribution >= 4 is 5.97 Å².